The number of carbonyl (C=O) groups is 1. The van der Waals surface area contributed by atoms with E-state index in [1.54, 1.807) is 11.0 Å². The van der Waals surface area contributed by atoms with Crippen LogP contribution >= 0.6 is 11.6 Å². The molecule has 1 amide bonds. The number of pyridine rings is 1. The van der Waals surface area contributed by atoms with Crippen molar-refractivity contribution in [3.63, 3.8) is 0 Å². The van der Waals surface area contributed by atoms with Crippen LogP contribution in [0, 0.1) is 0 Å². The van der Waals surface area contributed by atoms with Gasteiger partial charge >= 0.3 is 6.09 Å². The summed E-state index contributed by atoms with van der Waals surface area (Å²) >= 11 is 5.89. The number of cyclic esters (lactones) is 1. The predicted molar refractivity (Wildman–Crippen MR) is 100 cm³/mol. The van der Waals surface area contributed by atoms with Crippen LogP contribution in [0.5, 0.6) is 0 Å². The quantitative estimate of drug-likeness (QED) is 0.680. The van der Waals surface area contributed by atoms with Crippen molar-refractivity contribution in [3.05, 3.63) is 47.3 Å². The van der Waals surface area contributed by atoms with Gasteiger partial charge in [-0.05, 0) is 30.4 Å². The average molecular weight is 385 g/mol. The molecule has 5 rings (SSSR count). The van der Waals surface area contributed by atoms with Crippen LogP contribution in [-0.4, -0.2) is 38.6 Å². The van der Waals surface area contributed by atoms with Crippen LogP contribution in [0.2, 0.25) is 5.15 Å². The molecule has 4 heterocycles. The molecule has 0 spiro atoms. The predicted octanol–water partition coefficient (Wildman–Crippen LogP) is 3.22. The molecule has 0 unspecified atom stereocenters. The fraction of sp³-hybridized carbons (Fsp3) is 0.333. The van der Waals surface area contributed by atoms with Crippen molar-refractivity contribution in [1.29, 1.82) is 0 Å². The van der Waals surface area contributed by atoms with Crippen LogP contribution in [0.3, 0.4) is 0 Å². The van der Waals surface area contributed by atoms with E-state index >= 15 is 0 Å². The largest absolute Gasteiger partial charge is 0.447 e. The third-order valence-corrected chi connectivity index (χ3v) is 4.99. The van der Waals surface area contributed by atoms with Crippen LogP contribution in [-0.2, 0) is 11.3 Å². The van der Waals surface area contributed by atoms with Crippen LogP contribution < -0.4 is 10.2 Å². The van der Waals surface area contributed by atoms with E-state index in [1.807, 2.05) is 10.6 Å². The van der Waals surface area contributed by atoms with Gasteiger partial charge in [0, 0.05) is 18.5 Å². The molecule has 1 N–H and O–H groups in total. The molecular weight excluding hydrogens is 368 g/mol. The molecule has 27 heavy (non-hydrogen) atoms. The van der Waals surface area contributed by atoms with Crippen molar-refractivity contribution in [2.45, 2.75) is 25.3 Å². The highest BCUT2D eigenvalue weighted by molar-refractivity contribution is 6.29. The summed E-state index contributed by atoms with van der Waals surface area (Å²) in [6.45, 7) is 1.43. The van der Waals surface area contributed by atoms with Gasteiger partial charge in [-0.3, -0.25) is 4.90 Å². The van der Waals surface area contributed by atoms with E-state index in [0.717, 1.165) is 17.0 Å². The normalized spacial score (nSPS) is 16.8. The fourth-order valence-electron chi connectivity index (χ4n) is 3.30. The minimum atomic E-state index is -0.317. The molecule has 1 aliphatic heterocycles. The Morgan fingerprint density at radius 2 is 2.15 bits per heavy atom. The highest BCUT2D eigenvalue weighted by atomic mass is 35.5. The molecule has 8 nitrogen and oxygen atoms in total. The van der Waals surface area contributed by atoms with Gasteiger partial charge in [0.1, 0.15) is 23.9 Å². The topological polar surface area (TPSA) is 84.7 Å². The van der Waals surface area contributed by atoms with Crippen molar-refractivity contribution in [1.82, 2.24) is 19.4 Å². The first kappa shape index (κ1) is 16.3. The molecule has 3 aromatic heterocycles. The monoisotopic (exact) mass is 384 g/mol. The van der Waals surface area contributed by atoms with Crippen LogP contribution in [0.15, 0.2) is 30.9 Å². The van der Waals surface area contributed by atoms with E-state index in [2.05, 4.69) is 27.5 Å². The molecule has 9 heteroatoms. The number of anilines is 2. The molecule has 138 valence electrons. The van der Waals surface area contributed by atoms with Crippen molar-refractivity contribution >= 4 is 34.8 Å². The number of hydrogen-bond donors (Lipinski definition) is 1. The van der Waals surface area contributed by atoms with Gasteiger partial charge in [-0.2, -0.15) is 0 Å². The van der Waals surface area contributed by atoms with E-state index in [9.17, 15) is 4.79 Å². The standard InChI is InChI=1S/C18H17ClN6O2/c19-15-6-16(22-10-21-15)20-7-13-9-24-8-12(11-1-2-11)5-14(17(24)23-13)25-3-4-27-18(25)26/h5-6,8-11H,1-4,7H2,(H,20,21,22). The Morgan fingerprint density at radius 3 is 2.89 bits per heavy atom. The Hall–Kier alpha value is -2.87. The second-order valence-electron chi connectivity index (χ2n) is 6.74. The van der Waals surface area contributed by atoms with Crippen LogP contribution in [0.25, 0.3) is 5.65 Å². The smallest absolute Gasteiger partial charge is 0.414 e. The van der Waals surface area contributed by atoms with Crippen molar-refractivity contribution in [3.8, 4) is 0 Å². The highest BCUT2D eigenvalue weighted by Crippen LogP contribution is 2.42. The molecule has 0 atom stereocenters. The lowest BCUT2D eigenvalue weighted by atomic mass is 10.1. The number of carbonyl (C=O) groups excluding carboxylic acids is 1. The highest BCUT2D eigenvalue weighted by Gasteiger charge is 2.30. The summed E-state index contributed by atoms with van der Waals surface area (Å²) in [5.41, 5.74) is 3.62. The zero-order valence-electron chi connectivity index (χ0n) is 14.4. The maximum atomic E-state index is 12.1. The van der Waals surface area contributed by atoms with Crippen molar-refractivity contribution in [2.75, 3.05) is 23.4 Å². The molecule has 2 fully saturated rings. The zero-order valence-corrected chi connectivity index (χ0v) is 15.2. The minimum Gasteiger partial charge on any atom is -0.447 e. The van der Waals surface area contributed by atoms with Crippen LogP contribution in [0.1, 0.15) is 30.0 Å². The number of nitrogens with zero attached hydrogens (tertiary/aromatic N) is 5. The number of rotatable bonds is 5. The Balaban J connectivity index is 1.49. The lowest BCUT2D eigenvalue weighted by molar-refractivity contribution is 0.181. The number of imidazole rings is 1. The molecule has 1 aliphatic carbocycles. The molecule has 3 aromatic rings. The number of hydrogen-bond acceptors (Lipinski definition) is 6. The first-order chi connectivity index (χ1) is 13.2. The van der Waals surface area contributed by atoms with E-state index in [0.29, 0.717) is 36.6 Å². The SMILES string of the molecule is O=C1OCCN1c1cc(C2CC2)cn2cc(CNc3cc(Cl)ncn3)nc12. The third kappa shape index (κ3) is 3.16. The van der Waals surface area contributed by atoms with Gasteiger partial charge in [0.05, 0.1) is 24.5 Å². The Morgan fingerprint density at radius 1 is 1.26 bits per heavy atom. The molecule has 0 bridgehead atoms. The van der Waals surface area contributed by atoms with Gasteiger partial charge in [-0.15, -0.1) is 0 Å². The van der Waals surface area contributed by atoms with Gasteiger partial charge < -0.3 is 14.5 Å². The van der Waals surface area contributed by atoms with E-state index in [1.165, 1.54) is 24.7 Å². The lowest BCUT2D eigenvalue weighted by Gasteiger charge is -2.15. The van der Waals surface area contributed by atoms with Crippen LogP contribution in [0.4, 0.5) is 16.3 Å². The van der Waals surface area contributed by atoms with Gasteiger partial charge in [0.25, 0.3) is 0 Å². The van der Waals surface area contributed by atoms with Gasteiger partial charge in [0.15, 0.2) is 5.65 Å². The molecule has 1 saturated heterocycles. The first-order valence-electron chi connectivity index (χ1n) is 8.84. The summed E-state index contributed by atoms with van der Waals surface area (Å²) in [7, 11) is 0. The molecule has 0 aromatic carbocycles. The van der Waals surface area contributed by atoms with Crippen molar-refractivity contribution in [2.24, 2.45) is 0 Å². The summed E-state index contributed by atoms with van der Waals surface area (Å²) in [5.74, 6) is 1.20. The number of nitrogens with one attached hydrogen (secondary N) is 1. The molecule has 2 aliphatic rings. The number of ether oxygens (including phenoxy) is 1. The number of amides is 1. The molecular formula is C18H17ClN6O2. The van der Waals surface area contributed by atoms with Gasteiger partial charge in [-0.1, -0.05) is 11.6 Å². The number of halogens is 1. The number of fused-ring (bicyclic) bond motifs is 1. The summed E-state index contributed by atoms with van der Waals surface area (Å²) < 4.78 is 7.12. The minimum absolute atomic E-state index is 0.317. The Bertz CT molecular complexity index is 1030. The maximum Gasteiger partial charge on any atom is 0.414 e. The first-order valence-corrected chi connectivity index (χ1v) is 9.22. The van der Waals surface area contributed by atoms with E-state index < -0.39 is 0 Å². The summed E-state index contributed by atoms with van der Waals surface area (Å²) in [4.78, 5) is 26.5. The molecule has 1 saturated carbocycles. The summed E-state index contributed by atoms with van der Waals surface area (Å²) in [5, 5.41) is 3.57. The lowest BCUT2D eigenvalue weighted by Crippen LogP contribution is -2.24. The van der Waals surface area contributed by atoms with Crippen molar-refractivity contribution < 1.29 is 9.53 Å². The second-order valence-corrected chi connectivity index (χ2v) is 7.13. The summed E-state index contributed by atoms with van der Waals surface area (Å²) in [6, 6.07) is 3.74. The Kier molecular flexibility index (Phi) is 3.86. The average Bonchev–Trinajstić information content (AvgIpc) is 3.29. The molecule has 0 radical (unpaired) electrons. The van der Waals surface area contributed by atoms with Gasteiger partial charge in [-0.25, -0.2) is 19.7 Å². The maximum absolute atomic E-state index is 12.1. The fourth-order valence-corrected chi connectivity index (χ4v) is 3.45. The van der Waals surface area contributed by atoms with E-state index in [-0.39, 0.29) is 6.09 Å². The Labute approximate surface area is 160 Å². The third-order valence-electron chi connectivity index (χ3n) is 4.79. The van der Waals surface area contributed by atoms with E-state index in [4.69, 9.17) is 21.3 Å². The van der Waals surface area contributed by atoms with Gasteiger partial charge in [0.2, 0.25) is 0 Å². The second kappa shape index (κ2) is 6.38. The summed E-state index contributed by atoms with van der Waals surface area (Å²) in [6.07, 6.45) is 7.55. The zero-order chi connectivity index (χ0) is 18.4. The number of aromatic nitrogens is 4.